The Morgan fingerprint density at radius 1 is 1.03 bits per heavy atom. The first-order valence-electron chi connectivity index (χ1n) is 10.7. The molecule has 0 saturated heterocycles. The molecule has 0 saturated carbocycles. The van der Waals surface area contributed by atoms with Crippen LogP contribution in [0.2, 0.25) is 0 Å². The van der Waals surface area contributed by atoms with Crippen molar-refractivity contribution in [3.05, 3.63) is 88.3 Å². The summed E-state index contributed by atoms with van der Waals surface area (Å²) in [6, 6.07) is 11.8. The zero-order valence-corrected chi connectivity index (χ0v) is 19.5. The van der Waals surface area contributed by atoms with Gasteiger partial charge < -0.3 is 10.1 Å². The molecule has 0 spiro atoms. The van der Waals surface area contributed by atoms with Crippen molar-refractivity contribution >= 4 is 18.0 Å². The number of ether oxygens (including phenoxy) is 1. The molecule has 5 heteroatoms. The molecular formula is C27H32FNO3. The molecule has 2 aromatic carbocycles. The number of amides is 1. The van der Waals surface area contributed by atoms with Crippen molar-refractivity contribution < 1.29 is 18.7 Å². The molecule has 0 aliphatic carbocycles. The van der Waals surface area contributed by atoms with Crippen molar-refractivity contribution in [1.82, 2.24) is 5.32 Å². The van der Waals surface area contributed by atoms with Gasteiger partial charge in [-0.05, 0) is 94.5 Å². The average molecular weight is 438 g/mol. The van der Waals surface area contributed by atoms with Crippen LogP contribution in [0.15, 0.2) is 60.2 Å². The van der Waals surface area contributed by atoms with Crippen LogP contribution < -0.4 is 5.32 Å². The van der Waals surface area contributed by atoms with Crippen molar-refractivity contribution in [3.8, 4) is 0 Å². The highest BCUT2D eigenvalue weighted by Crippen LogP contribution is 2.15. The van der Waals surface area contributed by atoms with Gasteiger partial charge in [0.1, 0.15) is 11.4 Å². The van der Waals surface area contributed by atoms with Gasteiger partial charge in [0.05, 0.1) is 0 Å². The highest BCUT2D eigenvalue weighted by molar-refractivity contribution is 5.95. The summed E-state index contributed by atoms with van der Waals surface area (Å²) in [5, 5.41) is 2.91. The third-order valence-electron chi connectivity index (χ3n) is 4.45. The van der Waals surface area contributed by atoms with Gasteiger partial charge in [-0.3, -0.25) is 4.79 Å². The number of benzene rings is 2. The fraction of sp³-hybridized carbons (Fsp3) is 0.333. The van der Waals surface area contributed by atoms with Crippen LogP contribution >= 0.6 is 0 Å². The summed E-state index contributed by atoms with van der Waals surface area (Å²) in [7, 11) is 0. The van der Waals surface area contributed by atoms with E-state index in [9.17, 15) is 14.0 Å². The van der Waals surface area contributed by atoms with Crippen LogP contribution in [-0.4, -0.2) is 24.0 Å². The molecule has 0 radical (unpaired) electrons. The lowest BCUT2D eigenvalue weighted by Gasteiger charge is -2.17. The van der Waals surface area contributed by atoms with Gasteiger partial charge in [-0.15, -0.1) is 0 Å². The Labute approximate surface area is 190 Å². The summed E-state index contributed by atoms with van der Waals surface area (Å²) in [5.41, 5.74) is 3.81. The van der Waals surface area contributed by atoms with Crippen LogP contribution in [0.4, 0.5) is 4.39 Å². The third-order valence-corrected chi connectivity index (χ3v) is 4.45. The molecule has 32 heavy (non-hydrogen) atoms. The van der Waals surface area contributed by atoms with Crippen LogP contribution in [0.3, 0.4) is 0 Å². The number of halogens is 1. The van der Waals surface area contributed by atoms with Crippen molar-refractivity contribution in [2.75, 3.05) is 6.54 Å². The van der Waals surface area contributed by atoms with Crippen molar-refractivity contribution in [2.24, 2.45) is 0 Å². The zero-order chi connectivity index (χ0) is 23.7. The summed E-state index contributed by atoms with van der Waals surface area (Å²) in [6.07, 6.45) is 6.42. The van der Waals surface area contributed by atoms with Gasteiger partial charge in [0.2, 0.25) is 0 Å². The smallest absolute Gasteiger partial charge is 0.331 e. The van der Waals surface area contributed by atoms with Crippen molar-refractivity contribution in [2.45, 2.75) is 53.1 Å². The first-order chi connectivity index (χ1) is 15.0. The highest BCUT2D eigenvalue weighted by atomic mass is 19.1. The molecular weight excluding hydrogens is 405 g/mol. The minimum atomic E-state index is -0.567. The molecule has 170 valence electrons. The maximum atomic E-state index is 13.0. The molecule has 0 fully saturated rings. The largest absolute Gasteiger partial charge is 0.457 e. The molecule has 0 heterocycles. The first kappa shape index (κ1) is 25.1. The number of carbonyl (C=O) groups is 2. The van der Waals surface area contributed by atoms with Gasteiger partial charge in [-0.2, -0.15) is 0 Å². The first-order valence-corrected chi connectivity index (χ1v) is 10.7. The number of hydrogen-bond donors (Lipinski definition) is 1. The predicted molar refractivity (Wildman–Crippen MR) is 127 cm³/mol. The van der Waals surface area contributed by atoms with E-state index in [2.05, 4.69) is 11.4 Å². The average Bonchev–Trinajstić information content (AvgIpc) is 2.71. The fourth-order valence-electron chi connectivity index (χ4n) is 2.96. The van der Waals surface area contributed by atoms with Gasteiger partial charge in [-0.25, -0.2) is 9.18 Å². The van der Waals surface area contributed by atoms with E-state index in [4.69, 9.17) is 4.74 Å². The van der Waals surface area contributed by atoms with E-state index in [1.54, 1.807) is 24.3 Å². The monoisotopic (exact) mass is 437 g/mol. The predicted octanol–water partition coefficient (Wildman–Crippen LogP) is 5.66. The molecule has 4 nitrogen and oxygen atoms in total. The minimum absolute atomic E-state index is 0.196. The molecule has 0 aliphatic heterocycles. The lowest BCUT2D eigenvalue weighted by molar-refractivity contribution is -0.148. The van der Waals surface area contributed by atoms with Gasteiger partial charge in [0.15, 0.2) is 0 Å². The third kappa shape index (κ3) is 9.29. The number of rotatable bonds is 8. The Kier molecular flexibility index (Phi) is 8.94. The molecule has 0 unspecified atom stereocenters. The molecule has 0 atom stereocenters. The number of carbonyl (C=O) groups excluding carboxylic acids is 2. The standard InChI is InChI=1S/C27H32FNO3/c1-19(2)6-7-21-16-22(10-13-25(30)32-27(3,4)5)18-23(17-21)26(31)29-15-14-20-8-11-24(28)12-9-20/h6,8-13,16-18H,7,14-15H2,1-5H3,(H,29,31)/b13-10+. The van der Waals surface area contributed by atoms with Gasteiger partial charge in [0.25, 0.3) is 5.91 Å². The van der Waals surface area contributed by atoms with E-state index in [-0.39, 0.29) is 11.7 Å². The second-order valence-corrected chi connectivity index (χ2v) is 8.95. The lowest BCUT2D eigenvalue weighted by Crippen LogP contribution is -2.25. The Bertz CT molecular complexity index is 995. The van der Waals surface area contributed by atoms with Gasteiger partial charge in [0, 0.05) is 18.2 Å². The summed E-state index contributed by atoms with van der Waals surface area (Å²) in [5.74, 6) is -0.909. The molecule has 1 amide bonds. The summed E-state index contributed by atoms with van der Waals surface area (Å²) >= 11 is 0. The van der Waals surface area contributed by atoms with Crippen LogP contribution in [0.1, 0.15) is 61.7 Å². The highest BCUT2D eigenvalue weighted by Gasteiger charge is 2.14. The quantitative estimate of drug-likeness (QED) is 0.329. The summed E-state index contributed by atoms with van der Waals surface area (Å²) in [4.78, 5) is 24.8. The molecule has 1 N–H and O–H groups in total. The molecule has 2 aromatic rings. The van der Waals surface area contributed by atoms with Crippen LogP contribution in [0.5, 0.6) is 0 Å². The topological polar surface area (TPSA) is 55.4 Å². The Hall–Kier alpha value is -3.21. The lowest BCUT2D eigenvalue weighted by atomic mass is 10.0. The van der Waals surface area contributed by atoms with Crippen LogP contribution in [0.25, 0.3) is 6.08 Å². The molecule has 0 bridgehead atoms. The van der Waals surface area contributed by atoms with Crippen LogP contribution in [0, 0.1) is 5.82 Å². The second-order valence-electron chi connectivity index (χ2n) is 8.95. The molecule has 0 aromatic heterocycles. The normalized spacial score (nSPS) is 11.3. The second kappa shape index (κ2) is 11.4. The number of allylic oxidation sites excluding steroid dienone is 2. The van der Waals surface area contributed by atoms with E-state index in [1.807, 2.05) is 46.8 Å². The van der Waals surface area contributed by atoms with Crippen LogP contribution in [-0.2, 0) is 22.4 Å². The van der Waals surface area contributed by atoms with Crippen molar-refractivity contribution in [3.63, 3.8) is 0 Å². The van der Waals surface area contributed by atoms with E-state index >= 15 is 0 Å². The molecule has 2 rings (SSSR count). The van der Waals surface area contributed by atoms with Gasteiger partial charge in [-0.1, -0.05) is 29.8 Å². The van der Waals surface area contributed by atoms with E-state index in [0.29, 0.717) is 24.9 Å². The number of esters is 1. The number of nitrogens with one attached hydrogen (secondary N) is 1. The summed E-state index contributed by atoms with van der Waals surface area (Å²) < 4.78 is 18.3. The maximum Gasteiger partial charge on any atom is 0.331 e. The minimum Gasteiger partial charge on any atom is -0.457 e. The van der Waals surface area contributed by atoms with E-state index in [1.165, 1.54) is 23.8 Å². The van der Waals surface area contributed by atoms with E-state index < -0.39 is 11.6 Å². The number of hydrogen-bond acceptors (Lipinski definition) is 3. The SMILES string of the molecule is CC(C)=CCc1cc(/C=C/C(=O)OC(C)(C)C)cc(C(=O)NCCc2ccc(F)cc2)c1. The van der Waals surface area contributed by atoms with Gasteiger partial charge >= 0.3 is 5.97 Å². The summed E-state index contributed by atoms with van der Waals surface area (Å²) in [6.45, 7) is 9.92. The maximum absolute atomic E-state index is 13.0. The van der Waals surface area contributed by atoms with Crippen molar-refractivity contribution in [1.29, 1.82) is 0 Å². The zero-order valence-electron chi connectivity index (χ0n) is 19.5. The Morgan fingerprint density at radius 2 is 1.72 bits per heavy atom. The Balaban J connectivity index is 2.14. The van der Waals surface area contributed by atoms with E-state index in [0.717, 1.165) is 16.7 Å². The molecule has 0 aliphatic rings. The Morgan fingerprint density at radius 3 is 2.34 bits per heavy atom. The fourth-order valence-corrected chi connectivity index (χ4v) is 2.96.